The SMILES string of the molecule is CN(C(=O)CN1CC(C)(C)Oc2cc(N)ccc21)C1CCCCC1. The number of nitrogen functional groups attached to an aromatic ring is 1. The molecule has 132 valence electrons. The first kappa shape index (κ1) is 16.9. The van der Waals surface area contributed by atoms with Crippen LogP contribution in [0, 0.1) is 0 Å². The van der Waals surface area contributed by atoms with Crippen molar-refractivity contribution in [3.63, 3.8) is 0 Å². The van der Waals surface area contributed by atoms with Gasteiger partial charge in [-0.2, -0.15) is 0 Å². The molecule has 0 atom stereocenters. The van der Waals surface area contributed by atoms with Gasteiger partial charge in [-0.3, -0.25) is 4.79 Å². The first-order valence-electron chi connectivity index (χ1n) is 8.95. The molecule has 1 heterocycles. The number of fused-ring (bicyclic) bond motifs is 1. The highest BCUT2D eigenvalue weighted by Crippen LogP contribution is 2.38. The highest BCUT2D eigenvalue weighted by molar-refractivity contribution is 5.83. The summed E-state index contributed by atoms with van der Waals surface area (Å²) in [4.78, 5) is 16.9. The van der Waals surface area contributed by atoms with E-state index in [4.69, 9.17) is 10.5 Å². The average molecular weight is 331 g/mol. The molecule has 3 rings (SSSR count). The maximum atomic E-state index is 12.8. The number of benzene rings is 1. The van der Waals surface area contributed by atoms with E-state index in [0.29, 0.717) is 24.8 Å². The number of hydrogen-bond donors (Lipinski definition) is 1. The fourth-order valence-corrected chi connectivity index (χ4v) is 3.84. The standard InChI is InChI=1S/C19H29N3O2/c1-19(2)13-22(16-10-9-14(20)11-17(16)24-19)12-18(23)21(3)15-7-5-4-6-8-15/h9-11,15H,4-8,12-13,20H2,1-3H3. The predicted molar refractivity (Wildman–Crippen MR) is 97.4 cm³/mol. The Morgan fingerprint density at radius 3 is 2.75 bits per heavy atom. The van der Waals surface area contributed by atoms with Crippen molar-refractivity contribution >= 4 is 17.3 Å². The molecule has 0 radical (unpaired) electrons. The van der Waals surface area contributed by atoms with Gasteiger partial charge in [0.25, 0.3) is 0 Å². The molecular formula is C19H29N3O2. The molecule has 1 fully saturated rings. The lowest BCUT2D eigenvalue weighted by molar-refractivity contribution is -0.131. The molecule has 2 N–H and O–H groups in total. The molecule has 0 saturated heterocycles. The molecule has 0 spiro atoms. The molecule has 0 unspecified atom stereocenters. The lowest BCUT2D eigenvalue weighted by Gasteiger charge is -2.41. The highest BCUT2D eigenvalue weighted by atomic mass is 16.5. The first-order valence-corrected chi connectivity index (χ1v) is 8.95. The zero-order valence-electron chi connectivity index (χ0n) is 15.0. The summed E-state index contributed by atoms with van der Waals surface area (Å²) >= 11 is 0. The van der Waals surface area contributed by atoms with Crippen LogP contribution in [-0.4, -0.2) is 42.6 Å². The van der Waals surface area contributed by atoms with Crippen LogP contribution in [0.5, 0.6) is 5.75 Å². The molecule has 1 amide bonds. The van der Waals surface area contributed by atoms with Gasteiger partial charge in [0, 0.05) is 24.8 Å². The lowest BCUT2D eigenvalue weighted by atomic mass is 9.94. The molecule has 5 heteroatoms. The summed E-state index contributed by atoms with van der Waals surface area (Å²) in [6, 6.07) is 6.06. The summed E-state index contributed by atoms with van der Waals surface area (Å²) in [5.74, 6) is 0.946. The Bertz CT molecular complexity index is 609. The van der Waals surface area contributed by atoms with E-state index in [0.717, 1.165) is 24.3 Å². The van der Waals surface area contributed by atoms with Crippen molar-refractivity contribution in [2.75, 3.05) is 30.8 Å². The third kappa shape index (κ3) is 3.60. The van der Waals surface area contributed by atoms with Gasteiger partial charge in [0.2, 0.25) is 5.91 Å². The average Bonchev–Trinajstić information content (AvgIpc) is 2.53. The number of hydrogen-bond acceptors (Lipinski definition) is 4. The van der Waals surface area contributed by atoms with Crippen LogP contribution in [0.2, 0.25) is 0 Å². The van der Waals surface area contributed by atoms with Crippen molar-refractivity contribution in [1.82, 2.24) is 4.90 Å². The van der Waals surface area contributed by atoms with E-state index in [1.165, 1.54) is 19.3 Å². The number of anilines is 2. The Labute approximate surface area is 144 Å². The molecule has 1 saturated carbocycles. The molecular weight excluding hydrogens is 302 g/mol. The summed E-state index contributed by atoms with van der Waals surface area (Å²) in [5, 5.41) is 0. The van der Waals surface area contributed by atoms with E-state index in [9.17, 15) is 4.79 Å². The Kier molecular flexibility index (Phi) is 4.61. The van der Waals surface area contributed by atoms with Gasteiger partial charge in [0.05, 0.1) is 18.8 Å². The van der Waals surface area contributed by atoms with Gasteiger partial charge in [0.1, 0.15) is 11.4 Å². The fraction of sp³-hybridized carbons (Fsp3) is 0.632. The molecule has 0 bridgehead atoms. The fourth-order valence-electron chi connectivity index (χ4n) is 3.84. The van der Waals surface area contributed by atoms with Crippen LogP contribution in [-0.2, 0) is 4.79 Å². The van der Waals surface area contributed by atoms with E-state index < -0.39 is 0 Å². The van der Waals surface area contributed by atoms with Gasteiger partial charge >= 0.3 is 0 Å². The summed E-state index contributed by atoms with van der Waals surface area (Å²) < 4.78 is 6.04. The first-order chi connectivity index (χ1) is 11.4. The Morgan fingerprint density at radius 1 is 1.33 bits per heavy atom. The van der Waals surface area contributed by atoms with Crippen molar-refractivity contribution in [1.29, 1.82) is 0 Å². The minimum Gasteiger partial charge on any atom is -0.484 e. The van der Waals surface area contributed by atoms with E-state index in [2.05, 4.69) is 4.90 Å². The number of nitrogens with two attached hydrogens (primary N) is 1. The van der Waals surface area contributed by atoms with Crippen molar-refractivity contribution in [2.24, 2.45) is 0 Å². The smallest absolute Gasteiger partial charge is 0.242 e. The summed E-state index contributed by atoms with van der Waals surface area (Å²) in [5.41, 5.74) is 7.18. The molecule has 5 nitrogen and oxygen atoms in total. The third-order valence-electron chi connectivity index (χ3n) is 5.12. The summed E-state index contributed by atoms with van der Waals surface area (Å²) in [6.45, 7) is 5.16. The number of carbonyl (C=O) groups excluding carboxylic acids is 1. The van der Waals surface area contributed by atoms with Gasteiger partial charge in [0.15, 0.2) is 0 Å². The van der Waals surface area contributed by atoms with E-state index in [-0.39, 0.29) is 11.5 Å². The second kappa shape index (κ2) is 6.54. The van der Waals surface area contributed by atoms with Crippen LogP contribution in [0.4, 0.5) is 11.4 Å². The minimum absolute atomic E-state index is 0.183. The van der Waals surface area contributed by atoms with Crippen LogP contribution in [0.3, 0.4) is 0 Å². The predicted octanol–water partition coefficient (Wildman–Crippen LogP) is 3.04. The van der Waals surface area contributed by atoms with Crippen molar-refractivity contribution in [3.8, 4) is 5.75 Å². The zero-order chi connectivity index (χ0) is 17.3. The molecule has 1 aromatic carbocycles. The Morgan fingerprint density at radius 2 is 2.04 bits per heavy atom. The van der Waals surface area contributed by atoms with Crippen LogP contribution in [0.1, 0.15) is 46.0 Å². The highest BCUT2D eigenvalue weighted by Gasteiger charge is 2.33. The maximum absolute atomic E-state index is 12.8. The molecule has 24 heavy (non-hydrogen) atoms. The molecule has 0 aromatic heterocycles. The Balaban J connectivity index is 1.75. The second-order valence-corrected chi connectivity index (χ2v) is 7.74. The number of amides is 1. The van der Waals surface area contributed by atoms with Crippen molar-refractivity contribution in [3.05, 3.63) is 18.2 Å². The van der Waals surface area contributed by atoms with E-state index in [1.807, 2.05) is 44.0 Å². The van der Waals surface area contributed by atoms with Gasteiger partial charge in [-0.15, -0.1) is 0 Å². The maximum Gasteiger partial charge on any atom is 0.242 e. The summed E-state index contributed by atoms with van der Waals surface area (Å²) in [6.07, 6.45) is 6.02. The van der Waals surface area contributed by atoms with Crippen LogP contribution >= 0.6 is 0 Å². The summed E-state index contributed by atoms with van der Waals surface area (Å²) in [7, 11) is 1.95. The largest absolute Gasteiger partial charge is 0.484 e. The number of likely N-dealkylation sites (N-methyl/N-ethyl adjacent to an activating group) is 1. The quantitative estimate of drug-likeness (QED) is 0.865. The molecule has 1 aromatic rings. The van der Waals surface area contributed by atoms with Crippen molar-refractivity contribution < 1.29 is 9.53 Å². The molecule has 2 aliphatic rings. The normalized spacial score (nSPS) is 20.2. The topological polar surface area (TPSA) is 58.8 Å². The zero-order valence-corrected chi connectivity index (χ0v) is 15.0. The van der Waals surface area contributed by atoms with Gasteiger partial charge in [-0.25, -0.2) is 0 Å². The molecule has 1 aliphatic carbocycles. The van der Waals surface area contributed by atoms with Crippen LogP contribution in [0.25, 0.3) is 0 Å². The number of rotatable bonds is 3. The number of carbonyl (C=O) groups is 1. The van der Waals surface area contributed by atoms with Crippen LogP contribution < -0.4 is 15.4 Å². The van der Waals surface area contributed by atoms with Crippen LogP contribution in [0.15, 0.2) is 18.2 Å². The minimum atomic E-state index is -0.343. The van der Waals surface area contributed by atoms with E-state index in [1.54, 1.807) is 0 Å². The third-order valence-corrected chi connectivity index (χ3v) is 5.12. The number of nitrogens with zero attached hydrogens (tertiary/aromatic N) is 2. The number of ether oxygens (including phenoxy) is 1. The Hall–Kier alpha value is -1.91. The molecule has 1 aliphatic heterocycles. The van der Waals surface area contributed by atoms with Gasteiger partial charge < -0.3 is 20.3 Å². The van der Waals surface area contributed by atoms with E-state index >= 15 is 0 Å². The van der Waals surface area contributed by atoms with Crippen molar-refractivity contribution in [2.45, 2.75) is 57.6 Å². The van der Waals surface area contributed by atoms with Gasteiger partial charge in [-0.05, 0) is 38.8 Å². The monoisotopic (exact) mass is 331 g/mol. The van der Waals surface area contributed by atoms with Gasteiger partial charge in [-0.1, -0.05) is 19.3 Å². The second-order valence-electron chi connectivity index (χ2n) is 7.74. The lowest BCUT2D eigenvalue weighted by Crippen LogP contribution is -2.51.